The van der Waals surface area contributed by atoms with Gasteiger partial charge in [-0.2, -0.15) is 0 Å². The van der Waals surface area contributed by atoms with Crippen molar-refractivity contribution in [2.24, 2.45) is 0 Å². The Labute approximate surface area is 217 Å². The first-order chi connectivity index (χ1) is 17.7. The average Bonchev–Trinajstić information content (AvgIpc) is 3.28. The number of carbonyl (C=O) groups is 2. The molecule has 0 spiro atoms. The molecule has 4 rings (SSSR count). The van der Waals surface area contributed by atoms with Gasteiger partial charge in [0, 0.05) is 42.3 Å². The normalized spacial score (nSPS) is 19.6. The van der Waals surface area contributed by atoms with Gasteiger partial charge in [-0.15, -0.1) is 0 Å². The van der Waals surface area contributed by atoms with Crippen LogP contribution in [0.25, 0.3) is 22.4 Å². The van der Waals surface area contributed by atoms with Crippen molar-refractivity contribution in [1.29, 1.82) is 0 Å². The van der Waals surface area contributed by atoms with Gasteiger partial charge in [0.05, 0.1) is 35.5 Å². The molecule has 0 bridgehead atoms. The van der Waals surface area contributed by atoms with E-state index in [2.05, 4.69) is 30.6 Å². The Bertz CT molecular complexity index is 1340. The maximum atomic E-state index is 14.9. The average molecular weight is 531 g/mol. The molecule has 1 aliphatic carbocycles. The van der Waals surface area contributed by atoms with Crippen LogP contribution in [0.4, 0.5) is 10.2 Å². The van der Waals surface area contributed by atoms with Gasteiger partial charge in [0.2, 0.25) is 5.91 Å². The van der Waals surface area contributed by atoms with Crippen LogP contribution in [0.3, 0.4) is 0 Å². The second kappa shape index (κ2) is 11.2. The smallest absolute Gasteiger partial charge is 0.331 e. The summed E-state index contributed by atoms with van der Waals surface area (Å²) < 4.78 is 21.1. The SMILES string of the molecule is CCC(CC)OC1CC(C(=O)O)=CC(Nc2nc(-c3c[nH]c4ncc(Cl)cc34)ncc2F)C1NC(C)=O. The number of nitrogens with one attached hydrogen (secondary N) is 3. The number of amides is 1. The summed E-state index contributed by atoms with van der Waals surface area (Å²) in [6.07, 6.45) is 6.40. The maximum Gasteiger partial charge on any atom is 0.331 e. The summed E-state index contributed by atoms with van der Waals surface area (Å²) >= 11 is 6.10. The number of carboxylic acids is 1. The first kappa shape index (κ1) is 26.5. The number of rotatable bonds is 9. The number of carboxylic acid groups (broad SMARTS) is 1. The van der Waals surface area contributed by atoms with E-state index in [0.29, 0.717) is 21.6 Å². The third-order valence-corrected chi connectivity index (χ3v) is 6.50. The van der Waals surface area contributed by atoms with E-state index in [4.69, 9.17) is 16.3 Å². The van der Waals surface area contributed by atoms with E-state index in [9.17, 15) is 19.1 Å². The van der Waals surface area contributed by atoms with Crippen LogP contribution in [0.2, 0.25) is 5.02 Å². The molecule has 12 heteroatoms. The number of hydrogen-bond donors (Lipinski definition) is 4. The molecule has 37 heavy (non-hydrogen) atoms. The third-order valence-electron chi connectivity index (χ3n) is 6.30. The van der Waals surface area contributed by atoms with Crippen LogP contribution in [-0.2, 0) is 14.3 Å². The van der Waals surface area contributed by atoms with Crippen molar-refractivity contribution in [2.75, 3.05) is 5.32 Å². The molecular weight excluding hydrogens is 503 g/mol. The first-order valence-corrected chi connectivity index (χ1v) is 12.4. The molecule has 196 valence electrons. The lowest BCUT2D eigenvalue weighted by atomic mass is 9.87. The standard InChI is InChI=1S/C25H28ClFN6O4/c1-4-15(5-2)37-20-7-13(25(35)36)6-19(21(20)31-12(3)34)32-24-18(27)11-30-23(33-24)17-10-29-22-16(17)8-14(26)9-28-22/h6,8-11,15,19-21H,4-5,7H2,1-3H3,(H,28,29)(H,31,34)(H,35,36)(H,30,32,33). The van der Waals surface area contributed by atoms with Gasteiger partial charge >= 0.3 is 5.97 Å². The van der Waals surface area contributed by atoms with Gasteiger partial charge in [0.25, 0.3) is 0 Å². The van der Waals surface area contributed by atoms with Gasteiger partial charge in [0.1, 0.15) is 5.65 Å². The van der Waals surface area contributed by atoms with Crippen molar-refractivity contribution < 1.29 is 23.8 Å². The van der Waals surface area contributed by atoms with Crippen LogP contribution in [0, 0.1) is 5.82 Å². The van der Waals surface area contributed by atoms with E-state index in [-0.39, 0.29) is 35.6 Å². The Morgan fingerprint density at radius 1 is 1.30 bits per heavy atom. The monoisotopic (exact) mass is 530 g/mol. The molecule has 3 aromatic heterocycles. The van der Waals surface area contributed by atoms with Gasteiger partial charge in [0.15, 0.2) is 17.5 Å². The number of aromatic amines is 1. The van der Waals surface area contributed by atoms with E-state index in [1.165, 1.54) is 19.2 Å². The number of hydrogen-bond acceptors (Lipinski definition) is 7. The van der Waals surface area contributed by atoms with E-state index in [1.807, 2.05) is 13.8 Å². The summed E-state index contributed by atoms with van der Waals surface area (Å²) in [5.74, 6) is -2.13. The predicted molar refractivity (Wildman–Crippen MR) is 137 cm³/mol. The lowest BCUT2D eigenvalue weighted by molar-refractivity contribution is -0.133. The minimum atomic E-state index is -1.11. The van der Waals surface area contributed by atoms with E-state index >= 15 is 0 Å². The van der Waals surface area contributed by atoms with Crippen LogP contribution < -0.4 is 10.6 Å². The predicted octanol–water partition coefficient (Wildman–Crippen LogP) is 4.09. The molecule has 0 saturated carbocycles. The van der Waals surface area contributed by atoms with Gasteiger partial charge in [-0.1, -0.05) is 25.4 Å². The summed E-state index contributed by atoms with van der Waals surface area (Å²) in [5.41, 5.74) is 1.23. The topological polar surface area (TPSA) is 142 Å². The Hall–Kier alpha value is -3.57. The number of aliphatic carboxylic acids is 1. The van der Waals surface area contributed by atoms with Crippen LogP contribution in [0.1, 0.15) is 40.0 Å². The Kier molecular flexibility index (Phi) is 8.03. The molecule has 0 fully saturated rings. The fourth-order valence-corrected chi connectivity index (χ4v) is 4.61. The van der Waals surface area contributed by atoms with Gasteiger partial charge in [-0.05, 0) is 25.0 Å². The van der Waals surface area contributed by atoms with Crippen LogP contribution >= 0.6 is 11.6 Å². The summed E-state index contributed by atoms with van der Waals surface area (Å²) in [7, 11) is 0. The van der Waals surface area contributed by atoms with Crippen molar-refractivity contribution in [3.05, 3.63) is 47.1 Å². The summed E-state index contributed by atoms with van der Waals surface area (Å²) in [6, 6.07) is 0.208. The molecule has 1 amide bonds. The minimum Gasteiger partial charge on any atom is -0.478 e. The molecule has 4 N–H and O–H groups in total. The highest BCUT2D eigenvalue weighted by Gasteiger charge is 2.38. The summed E-state index contributed by atoms with van der Waals surface area (Å²) in [5, 5.41) is 16.7. The number of aromatic nitrogens is 4. The van der Waals surface area contributed by atoms with E-state index in [0.717, 1.165) is 19.0 Å². The molecule has 10 nitrogen and oxygen atoms in total. The molecule has 0 radical (unpaired) electrons. The van der Waals surface area contributed by atoms with Crippen molar-refractivity contribution in [1.82, 2.24) is 25.3 Å². The zero-order valence-electron chi connectivity index (χ0n) is 20.6. The molecule has 0 aliphatic heterocycles. The largest absolute Gasteiger partial charge is 0.478 e. The molecule has 1 aliphatic rings. The highest BCUT2D eigenvalue weighted by Crippen LogP contribution is 2.30. The zero-order chi connectivity index (χ0) is 26.7. The number of pyridine rings is 1. The maximum absolute atomic E-state index is 14.9. The second-order valence-electron chi connectivity index (χ2n) is 8.85. The number of halogens is 2. The van der Waals surface area contributed by atoms with Crippen molar-refractivity contribution >= 4 is 40.3 Å². The number of anilines is 1. The number of fused-ring (bicyclic) bond motifs is 1. The number of H-pyrrole nitrogens is 1. The molecule has 3 atom stereocenters. The van der Waals surface area contributed by atoms with Gasteiger partial charge in [-0.25, -0.2) is 24.1 Å². The summed E-state index contributed by atoms with van der Waals surface area (Å²) in [6.45, 7) is 5.31. The molecule has 0 aromatic carbocycles. The first-order valence-electron chi connectivity index (χ1n) is 12.0. The lowest BCUT2D eigenvalue weighted by Crippen LogP contribution is -2.56. The minimum absolute atomic E-state index is 0.0928. The lowest BCUT2D eigenvalue weighted by Gasteiger charge is -2.38. The highest BCUT2D eigenvalue weighted by atomic mass is 35.5. The van der Waals surface area contributed by atoms with Crippen molar-refractivity contribution in [3.8, 4) is 11.4 Å². The van der Waals surface area contributed by atoms with Gasteiger partial charge < -0.3 is 25.5 Å². The third kappa shape index (κ3) is 5.89. The Morgan fingerprint density at radius 2 is 2.05 bits per heavy atom. The van der Waals surface area contributed by atoms with Crippen LogP contribution in [0.5, 0.6) is 0 Å². The Balaban J connectivity index is 1.72. The molecule has 3 heterocycles. The number of ether oxygens (including phenoxy) is 1. The van der Waals surface area contributed by atoms with Crippen LogP contribution in [0.15, 0.2) is 36.3 Å². The zero-order valence-corrected chi connectivity index (χ0v) is 21.3. The van der Waals surface area contributed by atoms with Crippen molar-refractivity contribution in [2.45, 2.75) is 64.3 Å². The van der Waals surface area contributed by atoms with E-state index < -0.39 is 30.0 Å². The molecule has 3 aromatic rings. The van der Waals surface area contributed by atoms with Crippen molar-refractivity contribution in [3.63, 3.8) is 0 Å². The quantitative estimate of drug-likeness (QED) is 0.324. The fraction of sp³-hybridized carbons (Fsp3) is 0.400. The summed E-state index contributed by atoms with van der Waals surface area (Å²) in [4.78, 5) is 39.7. The van der Waals surface area contributed by atoms with Gasteiger partial charge in [-0.3, -0.25) is 4.79 Å². The second-order valence-corrected chi connectivity index (χ2v) is 9.29. The van der Waals surface area contributed by atoms with E-state index in [1.54, 1.807) is 12.3 Å². The Morgan fingerprint density at radius 3 is 2.73 bits per heavy atom. The molecular formula is C25H28ClFN6O4. The van der Waals surface area contributed by atoms with Crippen LogP contribution in [-0.4, -0.2) is 61.2 Å². The highest BCUT2D eigenvalue weighted by molar-refractivity contribution is 6.31. The fourth-order valence-electron chi connectivity index (χ4n) is 4.45. The molecule has 3 unspecified atom stereocenters. The number of nitrogens with zero attached hydrogens (tertiary/aromatic N) is 3. The number of carbonyl (C=O) groups excluding carboxylic acids is 1. The molecule has 0 saturated heterocycles.